The Morgan fingerprint density at radius 2 is 2.12 bits per heavy atom. The minimum Gasteiger partial charge on any atom is -0.341 e. The number of alkyl halides is 1. The lowest BCUT2D eigenvalue weighted by atomic mass is 9.95. The summed E-state index contributed by atoms with van der Waals surface area (Å²) in [5.41, 5.74) is -0.747. The fraction of sp³-hybridized carbons (Fsp3) is 0.833. The minimum atomic E-state index is -0.747. The van der Waals surface area contributed by atoms with Gasteiger partial charge >= 0.3 is 0 Å². The van der Waals surface area contributed by atoms with Crippen molar-refractivity contribution in [2.24, 2.45) is 17.3 Å². The highest BCUT2D eigenvalue weighted by Gasteiger charge is 2.54. The van der Waals surface area contributed by atoms with Crippen molar-refractivity contribution in [3.05, 3.63) is 0 Å². The van der Waals surface area contributed by atoms with Crippen molar-refractivity contribution in [3.63, 3.8) is 0 Å². The van der Waals surface area contributed by atoms with Crippen LogP contribution in [0.2, 0.25) is 0 Å². The van der Waals surface area contributed by atoms with Crippen LogP contribution < -0.4 is 0 Å². The van der Waals surface area contributed by atoms with E-state index in [-0.39, 0.29) is 24.4 Å². The molecular weight excluding hydrogens is 207 g/mol. The first-order valence-electron chi connectivity index (χ1n) is 5.93. The van der Waals surface area contributed by atoms with Gasteiger partial charge in [0.25, 0.3) is 0 Å². The van der Waals surface area contributed by atoms with Crippen LogP contribution in [-0.2, 0) is 4.79 Å². The second-order valence-electron chi connectivity index (χ2n) is 4.99. The highest BCUT2D eigenvalue weighted by molar-refractivity contribution is 5.88. The molecule has 4 heteroatoms. The first-order valence-corrected chi connectivity index (χ1v) is 5.93. The maximum Gasteiger partial charge on any atom is 0.243 e. The number of rotatable bonds is 3. The third-order valence-electron chi connectivity index (χ3n) is 3.96. The van der Waals surface area contributed by atoms with E-state index in [1.165, 1.54) is 0 Å². The third-order valence-corrected chi connectivity index (χ3v) is 3.96. The molecule has 2 unspecified atom stereocenters. The van der Waals surface area contributed by atoms with E-state index in [2.05, 4.69) is 6.07 Å². The second kappa shape index (κ2) is 4.04. The summed E-state index contributed by atoms with van der Waals surface area (Å²) in [4.78, 5) is 13.8. The maximum absolute atomic E-state index is 12.8. The van der Waals surface area contributed by atoms with Gasteiger partial charge in [-0.3, -0.25) is 9.18 Å². The van der Waals surface area contributed by atoms with Crippen molar-refractivity contribution in [3.8, 4) is 6.07 Å². The van der Waals surface area contributed by atoms with Crippen molar-refractivity contribution in [2.75, 3.05) is 19.8 Å². The van der Waals surface area contributed by atoms with Crippen LogP contribution in [0.15, 0.2) is 0 Å². The number of carbonyl (C=O) groups is 1. The van der Waals surface area contributed by atoms with Crippen LogP contribution in [-0.4, -0.2) is 30.6 Å². The number of hydrogen-bond donors (Lipinski definition) is 0. The molecule has 88 valence electrons. The lowest BCUT2D eigenvalue weighted by Gasteiger charge is -2.18. The van der Waals surface area contributed by atoms with Gasteiger partial charge in [0.2, 0.25) is 5.91 Å². The van der Waals surface area contributed by atoms with Crippen molar-refractivity contribution in [2.45, 2.75) is 26.2 Å². The summed E-state index contributed by atoms with van der Waals surface area (Å²) in [5.74, 6) is 0.177. The molecule has 0 N–H and O–H groups in total. The minimum absolute atomic E-state index is 0.0246. The van der Waals surface area contributed by atoms with Crippen LogP contribution in [0.25, 0.3) is 0 Å². The molecule has 0 spiro atoms. The Labute approximate surface area is 95.2 Å². The predicted molar refractivity (Wildman–Crippen MR) is 57.1 cm³/mol. The van der Waals surface area contributed by atoms with Crippen LogP contribution in [0.5, 0.6) is 0 Å². The highest BCUT2D eigenvalue weighted by Crippen LogP contribution is 2.47. The molecule has 3 nitrogen and oxygen atoms in total. The van der Waals surface area contributed by atoms with E-state index in [9.17, 15) is 9.18 Å². The molecule has 2 rings (SSSR count). The van der Waals surface area contributed by atoms with Gasteiger partial charge in [0, 0.05) is 19.0 Å². The van der Waals surface area contributed by atoms with Gasteiger partial charge in [0.15, 0.2) is 0 Å². The van der Waals surface area contributed by atoms with Gasteiger partial charge in [-0.25, -0.2) is 0 Å². The number of carbonyl (C=O) groups excluding carboxylic acids is 1. The molecule has 1 heterocycles. The summed E-state index contributed by atoms with van der Waals surface area (Å²) in [6.07, 6.45) is 2.25. The normalized spacial score (nSPS) is 31.2. The van der Waals surface area contributed by atoms with Crippen molar-refractivity contribution < 1.29 is 9.18 Å². The molecule has 2 aliphatic rings. The zero-order valence-electron chi connectivity index (χ0n) is 9.58. The molecule has 0 aromatic rings. The van der Waals surface area contributed by atoms with E-state index < -0.39 is 5.41 Å². The molecule has 1 saturated carbocycles. The lowest BCUT2D eigenvalue weighted by Crippen LogP contribution is -2.35. The van der Waals surface area contributed by atoms with Crippen molar-refractivity contribution in [1.29, 1.82) is 5.26 Å². The molecule has 0 aromatic heterocycles. The Morgan fingerprint density at radius 1 is 1.50 bits per heavy atom. The monoisotopic (exact) mass is 224 g/mol. The van der Waals surface area contributed by atoms with Gasteiger partial charge in [0.05, 0.1) is 12.7 Å². The molecule has 0 bridgehead atoms. The number of halogens is 1. The summed E-state index contributed by atoms with van der Waals surface area (Å²) >= 11 is 0. The first kappa shape index (κ1) is 11.4. The Morgan fingerprint density at radius 3 is 2.50 bits per heavy atom. The average molecular weight is 224 g/mol. The van der Waals surface area contributed by atoms with Gasteiger partial charge in [0.1, 0.15) is 5.41 Å². The second-order valence-corrected chi connectivity index (χ2v) is 4.99. The van der Waals surface area contributed by atoms with Gasteiger partial charge in [-0.1, -0.05) is 13.3 Å². The average Bonchev–Trinajstić information content (AvgIpc) is 3.01. The van der Waals surface area contributed by atoms with E-state index in [1.807, 2.05) is 6.92 Å². The molecular formula is C12H17FN2O. The van der Waals surface area contributed by atoms with Gasteiger partial charge in [-0.2, -0.15) is 5.26 Å². The Hall–Kier alpha value is -1.11. The van der Waals surface area contributed by atoms with Crippen LogP contribution in [0.1, 0.15) is 26.2 Å². The third kappa shape index (κ3) is 1.68. The smallest absolute Gasteiger partial charge is 0.243 e. The molecule has 1 aliphatic heterocycles. The van der Waals surface area contributed by atoms with Crippen LogP contribution in [0.4, 0.5) is 4.39 Å². The van der Waals surface area contributed by atoms with E-state index >= 15 is 0 Å². The van der Waals surface area contributed by atoms with E-state index in [4.69, 9.17) is 5.26 Å². The fourth-order valence-electron chi connectivity index (χ4n) is 2.54. The van der Waals surface area contributed by atoms with E-state index in [1.54, 1.807) is 4.90 Å². The molecule has 2 atom stereocenters. The summed E-state index contributed by atoms with van der Waals surface area (Å²) in [6, 6.07) is 2.11. The zero-order chi connectivity index (χ0) is 11.8. The van der Waals surface area contributed by atoms with Crippen LogP contribution in [0, 0.1) is 28.6 Å². The number of hydrogen-bond acceptors (Lipinski definition) is 2. The standard InChI is InChI=1S/C12H17FN2O/c1-2-9-6-15(7-10(9)5-13)11(16)12(8-14)3-4-12/h9-10H,2-7H2,1H3. The quantitative estimate of drug-likeness (QED) is 0.733. The Bertz CT molecular complexity index is 320. The molecule has 16 heavy (non-hydrogen) atoms. The largest absolute Gasteiger partial charge is 0.341 e. The summed E-state index contributed by atoms with van der Waals surface area (Å²) in [7, 11) is 0. The lowest BCUT2D eigenvalue weighted by molar-refractivity contribution is -0.134. The van der Waals surface area contributed by atoms with Gasteiger partial charge < -0.3 is 4.90 Å². The van der Waals surface area contributed by atoms with Crippen LogP contribution >= 0.6 is 0 Å². The molecule has 0 radical (unpaired) electrons. The van der Waals surface area contributed by atoms with Crippen molar-refractivity contribution in [1.82, 2.24) is 4.90 Å². The van der Waals surface area contributed by atoms with E-state index in [0.717, 1.165) is 6.42 Å². The Balaban J connectivity index is 2.03. The summed E-state index contributed by atoms with van der Waals surface area (Å²) in [5, 5.41) is 8.96. The summed E-state index contributed by atoms with van der Waals surface area (Å²) < 4.78 is 12.8. The van der Waals surface area contributed by atoms with Crippen LogP contribution in [0.3, 0.4) is 0 Å². The molecule has 1 amide bonds. The fourth-order valence-corrected chi connectivity index (χ4v) is 2.54. The maximum atomic E-state index is 12.8. The molecule has 2 fully saturated rings. The predicted octanol–water partition coefficient (Wildman–Crippen LogP) is 1.74. The number of likely N-dealkylation sites (tertiary alicyclic amines) is 1. The topological polar surface area (TPSA) is 44.1 Å². The summed E-state index contributed by atoms with van der Waals surface area (Å²) in [6.45, 7) is 2.80. The highest BCUT2D eigenvalue weighted by atomic mass is 19.1. The molecule has 1 saturated heterocycles. The number of nitriles is 1. The van der Waals surface area contributed by atoms with Gasteiger partial charge in [-0.05, 0) is 18.8 Å². The SMILES string of the molecule is CCC1CN(C(=O)C2(C#N)CC2)CC1CF. The Kier molecular flexibility index (Phi) is 2.88. The van der Waals surface area contributed by atoms with Gasteiger partial charge in [-0.15, -0.1) is 0 Å². The molecule has 0 aromatic carbocycles. The first-order chi connectivity index (χ1) is 7.66. The van der Waals surface area contributed by atoms with E-state index in [0.29, 0.717) is 25.9 Å². The zero-order valence-corrected chi connectivity index (χ0v) is 9.58. The molecule has 1 aliphatic carbocycles. The van der Waals surface area contributed by atoms with Crippen molar-refractivity contribution >= 4 is 5.91 Å². The number of amides is 1. The number of nitrogens with zero attached hydrogens (tertiary/aromatic N) is 2.